The van der Waals surface area contributed by atoms with E-state index < -0.39 is 0 Å². The number of rotatable bonds is 6. The summed E-state index contributed by atoms with van der Waals surface area (Å²) < 4.78 is 1.87. The molecule has 1 aromatic heterocycles. The summed E-state index contributed by atoms with van der Waals surface area (Å²) in [6, 6.07) is 12.9. The molecule has 2 N–H and O–H groups in total. The van der Waals surface area contributed by atoms with Crippen LogP contribution in [-0.4, -0.2) is 39.4 Å². The number of nitrogens with zero attached hydrogens (tertiary/aromatic N) is 3. The van der Waals surface area contributed by atoms with Crippen molar-refractivity contribution in [2.24, 2.45) is 0 Å². The zero-order valence-corrected chi connectivity index (χ0v) is 16.7. The molecule has 2 aromatic carbocycles. The monoisotopic (exact) mass is 395 g/mol. The van der Waals surface area contributed by atoms with Gasteiger partial charge in [-0.15, -0.1) is 10.2 Å². The summed E-state index contributed by atoms with van der Waals surface area (Å²) in [5.74, 6) is -0.213. The van der Waals surface area contributed by atoms with Crippen LogP contribution in [0.2, 0.25) is 0 Å². The number of aromatic nitrogens is 3. The van der Waals surface area contributed by atoms with E-state index in [9.17, 15) is 9.59 Å². The van der Waals surface area contributed by atoms with Gasteiger partial charge in [0, 0.05) is 18.3 Å². The lowest BCUT2D eigenvalue weighted by Crippen LogP contribution is -2.19. The molecule has 7 nitrogen and oxygen atoms in total. The third-order valence-electron chi connectivity index (χ3n) is 4.10. The number of benzene rings is 2. The summed E-state index contributed by atoms with van der Waals surface area (Å²) in [6.45, 7) is 4.07. The molecule has 0 aliphatic carbocycles. The first-order chi connectivity index (χ1) is 13.5. The Kier molecular flexibility index (Phi) is 6.10. The van der Waals surface area contributed by atoms with Crippen LogP contribution in [0.15, 0.2) is 53.9 Å². The SMILES string of the molecule is CNC(=O)c1cccc(NC(=O)CSc2nncn2-c2ccc(C)cc2C)c1. The van der Waals surface area contributed by atoms with Crippen molar-refractivity contribution in [2.75, 3.05) is 18.1 Å². The minimum atomic E-state index is -0.202. The number of nitrogens with one attached hydrogen (secondary N) is 2. The Bertz CT molecular complexity index is 1020. The van der Waals surface area contributed by atoms with Gasteiger partial charge < -0.3 is 10.6 Å². The van der Waals surface area contributed by atoms with Crippen LogP contribution in [-0.2, 0) is 4.79 Å². The van der Waals surface area contributed by atoms with Crippen LogP contribution in [0.25, 0.3) is 5.69 Å². The molecule has 144 valence electrons. The fourth-order valence-corrected chi connectivity index (χ4v) is 3.50. The van der Waals surface area contributed by atoms with Crippen LogP contribution in [0, 0.1) is 13.8 Å². The van der Waals surface area contributed by atoms with Gasteiger partial charge in [0.1, 0.15) is 6.33 Å². The molecule has 0 spiro atoms. The van der Waals surface area contributed by atoms with Crippen molar-refractivity contribution in [3.63, 3.8) is 0 Å². The second-order valence-corrected chi connectivity index (χ2v) is 7.21. The molecule has 0 unspecified atom stereocenters. The summed E-state index contributed by atoms with van der Waals surface area (Å²) in [4.78, 5) is 24.0. The Labute approximate surface area is 167 Å². The molecule has 1 heterocycles. The Morgan fingerprint density at radius 1 is 1.14 bits per heavy atom. The molecular weight excluding hydrogens is 374 g/mol. The van der Waals surface area contributed by atoms with E-state index in [1.807, 2.05) is 30.5 Å². The Morgan fingerprint density at radius 3 is 2.71 bits per heavy atom. The fourth-order valence-electron chi connectivity index (χ4n) is 2.77. The quantitative estimate of drug-likeness (QED) is 0.627. The Hall–Kier alpha value is -3.13. The summed E-state index contributed by atoms with van der Waals surface area (Å²) in [7, 11) is 1.57. The van der Waals surface area contributed by atoms with Gasteiger partial charge in [-0.2, -0.15) is 0 Å². The van der Waals surface area contributed by atoms with Crippen LogP contribution in [0.1, 0.15) is 21.5 Å². The molecule has 3 rings (SSSR count). The summed E-state index contributed by atoms with van der Waals surface area (Å²) in [5.41, 5.74) is 4.33. The number of hydrogen-bond acceptors (Lipinski definition) is 5. The van der Waals surface area contributed by atoms with Crippen LogP contribution in [0.4, 0.5) is 5.69 Å². The van der Waals surface area contributed by atoms with Crippen LogP contribution >= 0.6 is 11.8 Å². The minimum absolute atomic E-state index is 0.174. The van der Waals surface area contributed by atoms with E-state index in [1.165, 1.54) is 17.3 Å². The van der Waals surface area contributed by atoms with Crippen molar-refractivity contribution >= 4 is 29.3 Å². The maximum absolute atomic E-state index is 12.3. The van der Waals surface area contributed by atoms with Crippen molar-refractivity contribution in [2.45, 2.75) is 19.0 Å². The van der Waals surface area contributed by atoms with Crippen molar-refractivity contribution in [3.05, 3.63) is 65.5 Å². The minimum Gasteiger partial charge on any atom is -0.355 e. The molecule has 0 bridgehead atoms. The van der Waals surface area contributed by atoms with Gasteiger partial charge in [0.2, 0.25) is 5.91 Å². The highest BCUT2D eigenvalue weighted by Crippen LogP contribution is 2.23. The predicted molar refractivity (Wildman–Crippen MR) is 110 cm³/mol. The molecule has 0 atom stereocenters. The highest BCUT2D eigenvalue weighted by molar-refractivity contribution is 7.99. The number of carbonyl (C=O) groups excluding carboxylic acids is 2. The van der Waals surface area contributed by atoms with E-state index in [0.717, 1.165) is 11.3 Å². The smallest absolute Gasteiger partial charge is 0.251 e. The third kappa shape index (κ3) is 4.58. The number of aryl methyl sites for hydroxylation is 2. The van der Waals surface area contributed by atoms with Crippen molar-refractivity contribution in [1.29, 1.82) is 0 Å². The molecule has 2 amide bonds. The lowest BCUT2D eigenvalue weighted by Gasteiger charge is -2.10. The first kappa shape index (κ1) is 19.6. The second-order valence-electron chi connectivity index (χ2n) is 6.27. The average Bonchev–Trinajstić information content (AvgIpc) is 3.14. The van der Waals surface area contributed by atoms with Crippen LogP contribution < -0.4 is 10.6 Å². The average molecular weight is 395 g/mol. The van der Waals surface area contributed by atoms with E-state index in [4.69, 9.17) is 0 Å². The van der Waals surface area contributed by atoms with Gasteiger partial charge in [-0.05, 0) is 43.7 Å². The Balaban J connectivity index is 1.66. The number of carbonyl (C=O) groups is 2. The van der Waals surface area contributed by atoms with Crippen LogP contribution in [0.5, 0.6) is 0 Å². The molecule has 8 heteroatoms. The van der Waals surface area contributed by atoms with E-state index in [0.29, 0.717) is 16.4 Å². The molecule has 0 saturated carbocycles. The van der Waals surface area contributed by atoms with Crippen molar-refractivity contribution in [3.8, 4) is 5.69 Å². The van der Waals surface area contributed by atoms with Gasteiger partial charge in [-0.1, -0.05) is 35.5 Å². The van der Waals surface area contributed by atoms with Gasteiger partial charge in [-0.25, -0.2) is 0 Å². The molecule has 28 heavy (non-hydrogen) atoms. The van der Waals surface area contributed by atoms with Gasteiger partial charge in [0.15, 0.2) is 5.16 Å². The van der Waals surface area contributed by atoms with E-state index in [-0.39, 0.29) is 17.6 Å². The lowest BCUT2D eigenvalue weighted by molar-refractivity contribution is -0.113. The third-order valence-corrected chi connectivity index (χ3v) is 5.04. The normalized spacial score (nSPS) is 10.5. The number of hydrogen-bond donors (Lipinski definition) is 2. The molecular formula is C20H21N5O2S. The topological polar surface area (TPSA) is 88.9 Å². The largest absolute Gasteiger partial charge is 0.355 e. The fraction of sp³-hybridized carbons (Fsp3) is 0.200. The maximum Gasteiger partial charge on any atom is 0.251 e. The van der Waals surface area contributed by atoms with E-state index >= 15 is 0 Å². The lowest BCUT2D eigenvalue weighted by atomic mass is 10.1. The molecule has 0 radical (unpaired) electrons. The maximum atomic E-state index is 12.3. The Morgan fingerprint density at radius 2 is 1.96 bits per heavy atom. The first-order valence-corrected chi connectivity index (χ1v) is 9.69. The van der Waals surface area contributed by atoms with E-state index in [1.54, 1.807) is 37.6 Å². The molecule has 0 fully saturated rings. The van der Waals surface area contributed by atoms with Gasteiger partial charge >= 0.3 is 0 Å². The number of amides is 2. The molecule has 0 aliphatic rings. The predicted octanol–water partition coefficient (Wildman–Crippen LogP) is 2.97. The molecule has 0 saturated heterocycles. The molecule has 3 aromatic rings. The summed E-state index contributed by atoms with van der Waals surface area (Å²) in [5, 5.41) is 14.1. The van der Waals surface area contributed by atoms with Gasteiger partial charge in [0.25, 0.3) is 5.91 Å². The standard InChI is InChI=1S/C20H21N5O2S/c1-13-7-8-17(14(2)9-13)25-12-22-24-20(25)28-11-18(26)23-16-6-4-5-15(10-16)19(27)21-3/h4-10,12H,11H2,1-3H3,(H,21,27)(H,23,26). The zero-order chi connectivity index (χ0) is 20.1. The van der Waals surface area contributed by atoms with E-state index in [2.05, 4.69) is 26.9 Å². The van der Waals surface area contributed by atoms with Gasteiger partial charge in [0.05, 0.1) is 11.4 Å². The number of anilines is 1. The highest BCUT2D eigenvalue weighted by atomic mass is 32.2. The zero-order valence-electron chi connectivity index (χ0n) is 15.9. The van der Waals surface area contributed by atoms with Crippen LogP contribution in [0.3, 0.4) is 0 Å². The van der Waals surface area contributed by atoms with Crippen molar-refractivity contribution < 1.29 is 9.59 Å². The number of thioether (sulfide) groups is 1. The highest BCUT2D eigenvalue weighted by Gasteiger charge is 2.12. The van der Waals surface area contributed by atoms with Crippen molar-refractivity contribution in [1.82, 2.24) is 20.1 Å². The summed E-state index contributed by atoms with van der Waals surface area (Å²) >= 11 is 1.30. The first-order valence-electron chi connectivity index (χ1n) is 8.70. The summed E-state index contributed by atoms with van der Waals surface area (Å²) in [6.07, 6.45) is 1.64. The second kappa shape index (κ2) is 8.71. The molecule has 0 aliphatic heterocycles. The van der Waals surface area contributed by atoms with Gasteiger partial charge in [-0.3, -0.25) is 14.2 Å².